The smallest absolute Gasteiger partial charge is 0.236 e. The number of carbonyl (C=O) groups is 2. The molecule has 192 valence electrons. The zero-order valence-corrected chi connectivity index (χ0v) is 21.9. The van der Waals surface area contributed by atoms with Gasteiger partial charge in [-0.05, 0) is 37.8 Å². The maximum Gasteiger partial charge on any atom is 0.236 e. The average Bonchev–Trinajstić information content (AvgIpc) is 2.85. The molecule has 0 heterocycles. The van der Waals surface area contributed by atoms with Crippen molar-refractivity contribution in [3.05, 3.63) is 77.5 Å². The minimum Gasteiger partial charge on any atom is -0.668 e. The van der Waals surface area contributed by atoms with Crippen LogP contribution in [-0.2, 0) is 39.5 Å². The summed E-state index contributed by atoms with van der Waals surface area (Å²) in [5.74, 6) is -0.387. The van der Waals surface area contributed by atoms with Crippen LogP contribution in [0.4, 0.5) is 0 Å². The molecule has 0 saturated carbocycles. The van der Waals surface area contributed by atoms with Crippen molar-refractivity contribution in [2.45, 2.75) is 45.8 Å². The number of hydrogen-bond donors (Lipinski definition) is 1. The largest absolute Gasteiger partial charge is 0.668 e. The summed E-state index contributed by atoms with van der Waals surface area (Å²) in [7, 11) is 0. The molecule has 3 N–H and O–H groups in total. The van der Waals surface area contributed by atoms with Gasteiger partial charge in [0.15, 0.2) is 6.29 Å². The Morgan fingerprint density at radius 2 is 1.35 bits per heavy atom. The second-order valence-electron chi connectivity index (χ2n) is 7.32. The Morgan fingerprint density at radius 1 is 0.912 bits per heavy atom. The van der Waals surface area contributed by atoms with Gasteiger partial charge in [0.2, 0.25) is 5.91 Å². The monoisotopic (exact) mass is 562 g/mol. The first-order valence-corrected chi connectivity index (χ1v) is 11.5. The molecule has 0 fully saturated rings. The first-order chi connectivity index (χ1) is 16.0. The summed E-state index contributed by atoms with van der Waals surface area (Å²) in [5.41, 5.74) is 14.3. The van der Waals surface area contributed by atoms with Crippen molar-refractivity contribution in [3.63, 3.8) is 0 Å². The van der Waals surface area contributed by atoms with Gasteiger partial charge in [0.25, 0.3) is 0 Å². The fourth-order valence-corrected chi connectivity index (χ4v) is 3.33. The number of benzene rings is 2. The van der Waals surface area contributed by atoms with Gasteiger partial charge >= 0.3 is 0 Å². The summed E-state index contributed by atoms with van der Waals surface area (Å²) < 4.78 is 11.3. The SMILES string of the molecule is CCC([NH-])=O.CCOC(CN(CCC(c1ccccc1)c1ccccc1)C(=O)CN)OCC.[Pd]. The van der Waals surface area contributed by atoms with Crippen LogP contribution in [0.15, 0.2) is 60.7 Å². The van der Waals surface area contributed by atoms with Gasteiger partial charge in [0, 0.05) is 52.0 Å². The van der Waals surface area contributed by atoms with E-state index in [1.807, 2.05) is 50.2 Å². The number of hydrogen-bond acceptors (Lipinski definition) is 5. The summed E-state index contributed by atoms with van der Waals surface area (Å²) in [5, 5.41) is 0. The molecule has 2 amide bonds. The normalized spacial score (nSPS) is 10.3. The summed E-state index contributed by atoms with van der Waals surface area (Å²) in [4.78, 5) is 23.7. The zero-order valence-electron chi connectivity index (χ0n) is 20.4. The maximum atomic E-state index is 12.4. The molecular weight excluding hydrogens is 525 g/mol. The predicted octanol–water partition coefficient (Wildman–Crippen LogP) is 4.37. The maximum absolute atomic E-state index is 12.4. The van der Waals surface area contributed by atoms with Crippen LogP contribution in [0.3, 0.4) is 0 Å². The van der Waals surface area contributed by atoms with Crippen molar-refractivity contribution >= 4 is 11.8 Å². The molecule has 0 bridgehead atoms. The van der Waals surface area contributed by atoms with Crippen LogP contribution >= 0.6 is 0 Å². The molecule has 0 aromatic heterocycles. The van der Waals surface area contributed by atoms with Gasteiger partial charge in [0.1, 0.15) is 0 Å². The van der Waals surface area contributed by atoms with Crippen LogP contribution in [-0.4, -0.2) is 55.9 Å². The summed E-state index contributed by atoms with van der Waals surface area (Å²) >= 11 is 0. The molecule has 34 heavy (non-hydrogen) atoms. The second kappa shape index (κ2) is 19.3. The van der Waals surface area contributed by atoms with E-state index in [2.05, 4.69) is 24.3 Å². The molecule has 2 aromatic carbocycles. The molecule has 0 unspecified atom stereocenters. The van der Waals surface area contributed by atoms with Gasteiger partial charge in [-0.2, -0.15) is 0 Å². The van der Waals surface area contributed by atoms with E-state index >= 15 is 0 Å². The van der Waals surface area contributed by atoms with Crippen LogP contribution < -0.4 is 5.73 Å². The molecule has 0 aliphatic rings. The average molecular weight is 563 g/mol. The molecule has 8 heteroatoms. The van der Waals surface area contributed by atoms with Crippen LogP contribution in [0.1, 0.15) is 50.7 Å². The van der Waals surface area contributed by atoms with Crippen molar-refractivity contribution in [1.82, 2.24) is 4.90 Å². The van der Waals surface area contributed by atoms with Gasteiger partial charge in [-0.15, -0.1) is 0 Å². The predicted molar refractivity (Wildman–Crippen MR) is 132 cm³/mol. The number of rotatable bonds is 13. The summed E-state index contributed by atoms with van der Waals surface area (Å²) in [6.07, 6.45) is 0.697. The first kappa shape index (κ1) is 31.9. The number of nitrogens with two attached hydrogens (primary N) is 1. The topological polar surface area (TPSA) is 106 Å². The molecule has 2 aromatic rings. The Kier molecular flexibility index (Phi) is 18.1. The number of nitrogens with one attached hydrogen (secondary N) is 1. The molecule has 7 nitrogen and oxygen atoms in total. The van der Waals surface area contributed by atoms with Crippen molar-refractivity contribution in [2.75, 3.05) is 32.8 Å². The van der Waals surface area contributed by atoms with Crippen LogP contribution in [0.5, 0.6) is 0 Å². The summed E-state index contributed by atoms with van der Waals surface area (Å²) in [6.45, 7) is 7.51. The number of nitrogens with zero attached hydrogens (tertiary/aromatic N) is 1. The van der Waals surface area contributed by atoms with Gasteiger partial charge in [0.05, 0.1) is 13.1 Å². The van der Waals surface area contributed by atoms with E-state index < -0.39 is 12.2 Å². The Hall–Kier alpha value is -2.08. The molecular formula is C26H38N3O4Pd-. The minimum absolute atomic E-state index is 0. The van der Waals surface area contributed by atoms with E-state index in [-0.39, 0.29) is 38.8 Å². The molecule has 2 rings (SSSR count). The van der Waals surface area contributed by atoms with Crippen LogP contribution in [0, 0.1) is 0 Å². The van der Waals surface area contributed by atoms with E-state index in [4.69, 9.17) is 20.9 Å². The fraction of sp³-hybridized carbons (Fsp3) is 0.462. The number of amides is 2. The van der Waals surface area contributed by atoms with E-state index in [0.29, 0.717) is 32.7 Å². The van der Waals surface area contributed by atoms with Crippen molar-refractivity contribution in [1.29, 1.82) is 0 Å². The Morgan fingerprint density at radius 3 is 1.71 bits per heavy atom. The van der Waals surface area contributed by atoms with Gasteiger partial charge in [-0.3, -0.25) is 4.79 Å². The molecule has 0 atom stereocenters. The third kappa shape index (κ3) is 12.4. The number of ether oxygens (including phenoxy) is 2. The van der Waals surface area contributed by atoms with Gasteiger partial charge in [-0.25, -0.2) is 0 Å². The van der Waals surface area contributed by atoms with E-state index in [1.165, 1.54) is 11.1 Å². The third-order valence-electron chi connectivity index (χ3n) is 5.01. The molecule has 0 saturated heterocycles. The molecule has 0 aliphatic heterocycles. The van der Waals surface area contributed by atoms with E-state index in [1.54, 1.807) is 11.8 Å². The standard InChI is InChI=1S/C23H32N2O3.C3H7NO.Pd/c1-3-27-23(28-4-2)18-25(22(26)17-24)16-15-21(19-11-7-5-8-12-19)20-13-9-6-10-14-20;1-2-3(4)5;/h5-14,21,23H,3-4,15-18,24H2,1-2H3;2H2,1H3,(H2,4,5);/p-1. The van der Waals surface area contributed by atoms with Crippen molar-refractivity contribution in [3.8, 4) is 0 Å². The van der Waals surface area contributed by atoms with Crippen LogP contribution in [0.2, 0.25) is 0 Å². The van der Waals surface area contributed by atoms with E-state index in [0.717, 1.165) is 6.42 Å². The van der Waals surface area contributed by atoms with E-state index in [9.17, 15) is 9.59 Å². The Balaban J connectivity index is 0.00000164. The van der Waals surface area contributed by atoms with Crippen molar-refractivity contribution < 1.29 is 39.5 Å². The number of carbonyl (C=O) groups excluding carboxylic acids is 2. The molecule has 0 radical (unpaired) electrons. The molecule has 0 spiro atoms. The zero-order chi connectivity index (χ0) is 24.5. The Labute approximate surface area is 217 Å². The summed E-state index contributed by atoms with van der Waals surface area (Å²) in [6, 6.07) is 20.8. The molecule has 0 aliphatic carbocycles. The quantitative estimate of drug-likeness (QED) is 0.288. The van der Waals surface area contributed by atoms with Crippen LogP contribution in [0.25, 0.3) is 5.73 Å². The van der Waals surface area contributed by atoms with Gasteiger partial charge < -0.3 is 30.6 Å². The Bertz CT molecular complexity index is 748. The first-order valence-electron chi connectivity index (χ1n) is 11.5. The van der Waals surface area contributed by atoms with Gasteiger partial charge in [-0.1, -0.05) is 67.6 Å². The van der Waals surface area contributed by atoms with Crippen molar-refractivity contribution in [2.24, 2.45) is 5.73 Å². The fourth-order valence-electron chi connectivity index (χ4n) is 3.33. The second-order valence-corrected chi connectivity index (χ2v) is 7.32. The third-order valence-corrected chi connectivity index (χ3v) is 5.01. The minimum atomic E-state index is -0.495.